The molecule has 0 spiro atoms. The first kappa shape index (κ1) is 13.7. The van der Waals surface area contributed by atoms with Crippen LogP contribution in [0.5, 0.6) is 0 Å². The van der Waals surface area contributed by atoms with Gasteiger partial charge in [-0.3, -0.25) is 0 Å². The van der Waals surface area contributed by atoms with Gasteiger partial charge in [0.1, 0.15) is 4.49 Å². The van der Waals surface area contributed by atoms with Crippen LogP contribution in [0.3, 0.4) is 0 Å². The molecule has 0 aromatic rings. The zero-order chi connectivity index (χ0) is 9.49. The third kappa shape index (κ3) is 67.6. The zero-order valence-corrected chi connectivity index (χ0v) is 7.72. The van der Waals surface area contributed by atoms with Gasteiger partial charge in [-0.25, -0.2) is 4.57 Å². The molecule has 0 aliphatic heterocycles. The van der Waals surface area contributed by atoms with Gasteiger partial charge in [0.2, 0.25) is 0 Å². The Labute approximate surface area is 74.0 Å². The van der Waals surface area contributed by atoms with Gasteiger partial charge in [0.15, 0.2) is 0 Å². The molecule has 0 saturated heterocycles. The lowest BCUT2D eigenvalue weighted by atomic mass is 10.6. The van der Waals surface area contributed by atoms with E-state index in [1.54, 1.807) is 0 Å². The Bertz CT molecular complexity index is 172. The van der Waals surface area contributed by atoms with Crippen LogP contribution in [0.1, 0.15) is 0 Å². The molecule has 0 heterocycles. The second-order valence-electron chi connectivity index (χ2n) is 1.21. The first-order valence-corrected chi connectivity index (χ1v) is 4.51. The summed E-state index contributed by atoms with van der Waals surface area (Å²) in [5.41, 5.74) is 0. The molecule has 0 unspecified atom stereocenters. The van der Waals surface area contributed by atoms with Crippen molar-refractivity contribution < 1.29 is 19.2 Å². The summed E-state index contributed by atoms with van der Waals surface area (Å²) in [4.78, 5) is 21.6. The molecule has 3 N–H and O–H groups in total. The summed E-state index contributed by atoms with van der Waals surface area (Å²) in [6, 6.07) is 0. The van der Waals surface area contributed by atoms with Crippen LogP contribution in [-0.4, -0.2) is 14.7 Å². The van der Waals surface area contributed by atoms with Crippen molar-refractivity contribution in [3.63, 3.8) is 0 Å². The van der Waals surface area contributed by atoms with Crippen LogP contribution in [0.25, 0.3) is 0 Å². The molecule has 0 fully saturated rings. The van der Waals surface area contributed by atoms with E-state index >= 15 is 0 Å². The lowest BCUT2D eigenvalue weighted by molar-refractivity contribution is 0.275. The van der Waals surface area contributed by atoms with E-state index in [0.29, 0.717) is 0 Å². The zero-order valence-electron chi connectivity index (χ0n) is 5.31. The Balaban J connectivity index is 0. The minimum absolute atomic E-state index is 0.241. The Morgan fingerprint density at radius 1 is 1.36 bits per heavy atom. The lowest BCUT2D eigenvalue weighted by Crippen LogP contribution is -1.66. The van der Waals surface area contributed by atoms with Crippen molar-refractivity contribution in [2.24, 2.45) is 0 Å². The molecule has 0 aromatic carbocycles. The number of halogens is 2. The van der Waals surface area contributed by atoms with E-state index < -0.39 is 7.82 Å². The van der Waals surface area contributed by atoms with Crippen LogP contribution in [0.2, 0.25) is 0 Å². The van der Waals surface area contributed by atoms with Crippen LogP contribution in [-0.2, 0) is 4.57 Å². The van der Waals surface area contributed by atoms with E-state index in [4.69, 9.17) is 42.4 Å². The molecule has 0 saturated carbocycles. The third-order valence-corrected chi connectivity index (χ3v) is 0.496. The van der Waals surface area contributed by atoms with E-state index in [1.165, 1.54) is 12.2 Å². The highest BCUT2D eigenvalue weighted by Crippen LogP contribution is 2.25. The minimum Gasteiger partial charge on any atom is -0.303 e. The molecule has 0 rings (SSSR count). The summed E-state index contributed by atoms with van der Waals surface area (Å²) in [6.07, 6.45) is 3.03. The van der Waals surface area contributed by atoms with Crippen LogP contribution in [0.4, 0.5) is 0 Å². The third-order valence-electron chi connectivity index (χ3n) is 0.244. The summed E-state index contributed by atoms with van der Waals surface area (Å²) in [5.74, 6) is 0. The monoisotopic (exact) mass is 220 g/mol. The second kappa shape index (κ2) is 6.85. The molecule has 0 amide bonds. The summed E-state index contributed by atoms with van der Waals surface area (Å²) < 4.78 is 9.12. The molecule has 11 heavy (non-hydrogen) atoms. The van der Waals surface area contributed by atoms with Crippen LogP contribution < -0.4 is 0 Å². The maximum atomic E-state index is 8.88. The summed E-state index contributed by atoms with van der Waals surface area (Å²) in [5, 5.41) is 0. The van der Waals surface area contributed by atoms with Crippen molar-refractivity contribution in [3.05, 3.63) is 23.2 Å². The SMILES string of the molecule is C=CC=C(Cl)Cl.O=P(O)(O)O. The standard InChI is InChI=1S/C4H4Cl2.H3O4P/c1-2-3-4(5)6;1-5(2,3)4/h2-3H,1H2;(H3,1,2,3,4). The van der Waals surface area contributed by atoms with Gasteiger partial charge in [0, 0.05) is 0 Å². The smallest absolute Gasteiger partial charge is 0.303 e. The van der Waals surface area contributed by atoms with Crippen molar-refractivity contribution in [2.75, 3.05) is 0 Å². The van der Waals surface area contributed by atoms with Gasteiger partial charge in [0.25, 0.3) is 0 Å². The van der Waals surface area contributed by atoms with Crippen LogP contribution in [0.15, 0.2) is 23.2 Å². The number of rotatable bonds is 1. The fraction of sp³-hybridized carbons (Fsp3) is 0. The first-order chi connectivity index (χ1) is 4.77. The molecular formula is C4H7Cl2O4P. The quantitative estimate of drug-likeness (QED) is 0.463. The van der Waals surface area contributed by atoms with E-state index in [1.807, 2.05) is 0 Å². The number of allylic oxidation sites excluding steroid dienone is 2. The maximum absolute atomic E-state index is 8.88. The lowest BCUT2D eigenvalue weighted by Gasteiger charge is -1.82. The summed E-state index contributed by atoms with van der Waals surface area (Å²) in [7, 11) is -4.64. The maximum Gasteiger partial charge on any atom is 0.466 e. The number of phosphoric acid groups is 1. The minimum atomic E-state index is -4.64. The molecule has 0 radical (unpaired) electrons. The summed E-state index contributed by atoms with van der Waals surface area (Å²) in [6.45, 7) is 3.36. The second-order valence-corrected chi connectivity index (χ2v) is 3.24. The van der Waals surface area contributed by atoms with E-state index in [9.17, 15) is 0 Å². The predicted octanol–water partition coefficient (Wildman–Crippen LogP) is 1.56. The van der Waals surface area contributed by atoms with E-state index in [0.717, 1.165) is 0 Å². The predicted molar refractivity (Wildman–Crippen MR) is 44.2 cm³/mol. The Morgan fingerprint density at radius 3 is 1.64 bits per heavy atom. The largest absolute Gasteiger partial charge is 0.466 e. The molecule has 4 nitrogen and oxygen atoms in total. The molecule has 66 valence electrons. The molecule has 0 bridgehead atoms. The highest BCUT2D eigenvalue weighted by molar-refractivity contribution is 7.45. The fourth-order valence-corrected chi connectivity index (χ4v) is 0.267. The van der Waals surface area contributed by atoms with Gasteiger partial charge in [0.05, 0.1) is 0 Å². The van der Waals surface area contributed by atoms with Crippen LogP contribution in [0, 0.1) is 0 Å². The molecule has 0 atom stereocenters. The van der Waals surface area contributed by atoms with E-state index in [2.05, 4.69) is 6.58 Å². The van der Waals surface area contributed by atoms with Gasteiger partial charge in [-0.15, -0.1) is 0 Å². The van der Waals surface area contributed by atoms with Gasteiger partial charge >= 0.3 is 7.82 Å². The van der Waals surface area contributed by atoms with Crippen molar-refractivity contribution in [1.29, 1.82) is 0 Å². The van der Waals surface area contributed by atoms with Crippen molar-refractivity contribution in [1.82, 2.24) is 0 Å². The summed E-state index contributed by atoms with van der Waals surface area (Å²) >= 11 is 10.3. The van der Waals surface area contributed by atoms with Gasteiger partial charge in [-0.05, 0) is 6.08 Å². The van der Waals surface area contributed by atoms with Gasteiger partial charge < -0.3 is 14.7 Å². The van der Waals surface area contributed by atoms with Gasteiger partial charge in [-0.1, -0.05) is 35.9 Å². The topological polar surface area (TPSA) is 77.8 Å². The Morgan fingerprint density at radius 2 is 1.64 bits per heavy atom. The molecule has 0 aromatic heterocycles. The average Bonchev–Trinajstić information content (AvgIpc) is 1.58. The molecule has 0 aliphatic carbocycles. The van der Waals surface area contributed by atoms with Gasteiger partial charge in [-0.2, -0.15) is 0 Å². The van der Waals surface area contributed by atoms with E-state index in [-0.39, 0.29) is 4.49 Å². The molecule has 7 heteroatoms. The average molecular weight is 221 g/mol. The molecular weight excluding hydrogens is 214 g/mol. The molecule has 0 aliphatic rings. The fourth-order valence-electron chi connectivity index (χ4n) is 0.0891. The Hall–Kier alpha value is 0.170. The van der Waals surface area contributed by atoms with Crippen LogP contribution >= 0.6 is 31.0 Å². The van der Waals surface area contributed by atoms with Crippen molar-refractivity contribution in [3.8, 4) is 0 Å². The Kier molecular flexibility index (Phi) is 8.56. The number of hydrogen-bond donors (Lipinski definition) is 3. The van der Waals surface area contributed by atoms with Crippen molar-refractivity contribution in [2.45, 2.75) is 0 Å². The normalized spacial score (nSPS) is 9.18. The van der Waals surface area contributed by atoms with Crippen molar-refractivity contribution >= 4 is 31.0 Å². The highest BCUT2D eigenvalue weighted by atomic mass is 35.5. The number of hydrogen-bond acceptors (Lipinski definition) is 1. The first-order valence-electron chi connectivity index (χ1n) is 2.19. The highest BCUT2D eigenvalue weighted by Gasteiger charge is 2.00.